The maximum atomic E-state index is 11.7. The van der Waals surface area contributed by atoms with Crippen LogP contribution in [0.25, 0.3) is 0 Å². The Bertz CT molecular complexity index is 447. The molecule has 20 heavy (non-hydrogen) atoms. The number of carbonyl (C=O) groups is 2. The van der Waals surface area contributed by atoms with Crippen LogP contribution in [0.3, 0.4) is 0 Å². The number of nitrogens with two attached hydrogens (primary N) is 1. The summed E-state index contributed by atoms with van der Waals surface area (Å²) in [5, 5.41) is 24.2. The van der Waals surface area contributed by atoms with Gasteiger partial charge in [-0.15, -0.1) is 0 Å². The van der Waals surface area contributed by atoms with Crippen LogP contribution < -0.4 is 21.5 Å². The number of amides is 1. The molecule has 1 aromatic rings. The van der Waals surface area contributed by atoms with E-state index in [0.717, 1.165) is 13.0 Å². The van der Waals surface area contributed by atoms with Gasteiger partial charge < -0.3 is 31.4 Å². The highest BCUT2D eigenvalue weighted by Gasteiger charge is 2.18. The van der Waals surface area contributed by atoms with Crippen molar-refractivity contribution in [1.29, 1.82) is 0 Å². The molecule has 0 fully saturated rings. The van der Waals surface area contributed by atoms with Crippen molar-refractivity contribution in [2.45, 2.75) is 18.9 Å². The fraction of sp³-hybridized carbons (Fsp3) is 0.385. The lowest BCUT2D eigenvalue weighted by Crippen LogP contribution is -2.93. The maximum Gasteiger partial charge on any atom is 0.230 e. The molecule has 110 valence electrons. The summed E-state index contributed by atoms with van der Waals surface area (Å²) in [5.74, 6) is -1.57. The number of carboxylic acid groups (broad SMARTS) is 1. The van der Waals surface area contributed by atoms with E-state index in [0.29, 0.717) is 12.2 Å². The highest BCUT2D eigenvalue weighted by atomic mass is 16.4. The van der Waals surface area contributed by atoms with Crippen molar-refractivity contribution in [3.05, 3.63) is 24.3 Å². The molecule has 1 atom stereocenters. The molecule has 7 N–H and O–H groups in total. The molecule has 1 rings (SSSR count). The number of anilines is 1. The highest BCUT2D eigenvalue weighted by Crippen LogP contribution is 2.13. The van der Waals surface area contributed by atoms with Crippen molar-refractivity contribution in [3.63, 3.8) is 0 Å². The quantitative estimate of drug-likeness (QED) is 0.299. The van der Waals surface area contributed by atoms with Gasteiger partial charge in [-0.25, -0.2) is 0 Å². The standard InChI is InChI=1S/C13H19N3O4/c14-6-1-7-15-11(13(19)20)8-12(18)16-9-2-4-10(17)5-3-9/h2-5,11,15,17H,1,6-8,14H2,(H,16,18)(H,19,20)/p+1/t11-/m1/s1. The second kappa shape index (κ2) is 8.13. The summed E-state index contributed by atoms with van der Waals surface area (Å²) < 4.78 is 0. The first kappa shape index (κ1) is 15.9. The number of rotatable bonds is 8. The van der Waals surface area contributed by atoms with E-state index in [-0.39, 0.29) is 12.2 Å². The summed E-state index contributed by atoms with van der Waals surface area (Å²) in [4.78, 5) is 22.7. The summed E-state index contributed by atoms with van der Waals surface area (Å²) in [7, 11) is 0. The average Bonchev–Trinajstić information content (AvgIpc) is 2.40. The van der Waals surface area contributed by atoms with E-state index in [2.05, 4.69) is 11.1 Å². The summed E-state index contributed by atoms with van der Waals surface area (Å²) >= 11 is 0. The van der Waals surface area contributed by atoms with Crippen LogP contribution in [0.5, 0.6) is 5.75 Å². The molecule has 1 amide bonds. The smallest absolute Gasteiger partial charge is 0.230 e. The van der Waals surface area contributed by atoms with Gasteiger partial charge in [0, 0.05) is 12.1 Å². The Kier molecular flexibility index (Phi) is 6.48. The molecule has 7 nitrogen and oxygen atoms in total. The fourth-order valence-electron chi connectivity index (χ4n) is 1.68. The van der Waals surface area contributed by atoms with Crippen molar-refractivity contribution in [2.24, 2.45) is 0 Å². The van der Waals surface area contributed by atoms with Gasteiger partial charge in [0.15, 0.2) is 0 Å². The number of phenolic OH excluding ortho intramolecular Hbond substituents is 1. The number of hydrogen-bond acceptors (Lipinski definition) is 4. The molecule has 0 aromatic heterocycles. The van der Waals surface area contributed by atoms with Crippen LogP contribution in [-0.2, 0) is 9.59 Å². The molecule has 0 heterocycles. The zero-order valence-electron chi connectivity index (χ0n) is 11.2. The molecule has 0 saturated carbocycles. The van der Waals surface area contributed by atoms with E-state index in [4.69, 9.17) is 5.11 Å². The molecule has 1 aromatic carbocycles. The number of aromatic hydroxyl groups is 1. The van der Waals surface area contributed by atoms with Gasteiger partial charge in [-0.1, -0.05) is 0 Å². The third-order valence-corrected chi connectivity index (χ3v) is 2.76. The Hall–Kier alpha value is -2.12. The topological polar surface area (TPSA) is 134 Å². The number of quaternary nitrogens is 2. The van der Waals surface area contributed by atoms with Crippen LogP contribution in [0, 0.1) is 0 Å². The minimum Gasteiger partial charge on any atom is -0.544 e. The Morgan fingerprint density at radius 1 is 1.35 bits per heavy atom. The largest absolute Gasteiger partial charge is 0.544 e. The van der Waals surface area contributed by atoms with E-state index < -0.39 is 17.9 Å². The van der Waals surface area contributed by atoms with E-state index in [9.17, 15) is 14.7 Å². The van der Waals surface area contributed by atoms with Crippen LogP contribution in [-0.4, -0.2) is 36.1 Å². The number of aliphatic carboxylic acids is 1. The first-order valence-corrected chi connectivity index (χ1v) is 6.45. The van der Waals surface area contributed by atoms with E-state index >= 15 is 0 Å². The third-order valence-electron chi connectivity index (χ3n) is 2.76. The summed E-state index contributed by atoms with van der Waals surface area (Å²) in [5.41, 5.74) is 4.17. The molecule has 7 heteroatoms. The third kappa shape index (κ3) is 5.68. The lowest BCUT2D eigenvalue weighted by molar-refractivity contribution is -0.684. The molecule has 0 spiro atoms. The number of nitrogens with one attached hydrogen (secondary N) is 1. The van der Waals surface area contributed by atoms with E-state index in [1.54, 1.807) is 5.32 Å². The van der Waals surface area contributed by atoms with Gasteiger partial charge in [0.2, 0.25) is 5.91 Å². The Labute approximate surface area is 116 Å². The summed E-state index contributed by atoms with van der Waals surface area (Å²) in [6, 6.07) is 5.04. The van der Waals surface area contributed by atoms with Crippen molar-refractivity contribution < 1.29 is 30.9 Å². The molecule has 0 aliphatic carbocycles. The van der Waals surface area contributed by atoms with Crippen molar-refractivity contribution in [1.82, 2.24) is 0 Å². The number of benzene rings is 1. The Morgan fingerprint density at radius 2 is 2.00 bits per heavy atom. The average molecular weight is 282 g/mol. The minimum atomic E-state index is -1.25. The minimum absolute atomic E-state index is 0.0946. The van der Waals surface area contributed by atoms with Gasteiger partial charge in [-0.3, -0.25) is 4.79 Å². The Balaban J connectivity index is 2.48. The summed E-state index contributed by atoms with van der Waals surface area (Å²) in [6.45, 7) is 1.31. The lowest BCUT2D eigenvalue weighted by Gasteiger charge is -2.16. The van der Waals surface area contributed by atoms with Crippen LogP contribution >= 0.6 is 0 Å². The normalized spacial score (nSPS) is 11.8. The zero-order valence-corrected chi connectivity index (χ0v) is 11.2. The predicted molar refractivity (Wildman–Crippen MR) is 69.3 cm³/mol. The SMILES string of the molecule is [NH3+]CCC[NH2+][C@H](CC(=O)Nc1ccc(O)cc1)C(=O)[O-]. The molecule has 0 aliphatic rings. The van der Waals surface area contributed by atoms with Gasteiger partial charge in [-0.2, -0.15) is 0 Å². The fourth-order valence-corrected chi connectivity index (χ4v) is 1.68. The van der Waals surface area contributed by atoms with Crippen LogP contribution in [0.4, 0.5) is 5.69 Å². The first-order valence-electron chi connectivity index (χ1n) is 6.45. The van der Waals surface area contributed by atoms with Gasteiger partial charge in [0.05, 0.1) is 25.5 Å². The van der Waals surface area contributed by atoms with Crippen molar-refractivity contribution in [2.75, 3.05) is 18.4 Å². The predicted octanol–water partition coefficient (Wildman–Crippen LogP) is -2.97. The molecule has 0 unspecified atom stereocenters. The molecule has 0 aliphatic heterocycles. The van der Waals surface area contributed by atoms with Gasteiger partial charge in [-0.05, 0) is 24.3 Å². The Morgan fingerprint density at radius 3 is 2.55 bits per heavy atom. The molecule has 0 saturated heterocycles. The van der Waals surface area contributed by atoms with Crippen LogP contribution in [0.15, 0.2) is 24.3 Å². The molecular weight excluding hydrogens is 262 g/mol. The molecule has 0 bridgehead atoms. The maximum absolute atomic E-state index is 11.7. The first-order chi connectivity index (χ1) is 9.52. The number of carboxylic acids is 1. The van der Waals surface area contributed by atoms with Gasteiger partial charge >= 0.3 is 0 Å². The van der Waals surface area contributed by atoms with Crippen molar-refractivity contribution >= 4 is 17.6 Å². The second-order valence-corrected chi connectivity index (χ2v) is 4.46. The number of carbonyl (C=O) groups excluding carboxylic acids is 2. The highest BCUT2D eigenvalue weighted by molar-refractivity contribution is 5.93. The van der Waals surface area contributed by atoms with Crippen molar-refractivity contribution in [3.8, 4) is 5.75 Å². The number of hydrogen-bond donors (Lipinski definition) is 4. The number of phenols is 1. The van der Waals surface area contributed by atoms with E-state index in [1.165, 1.54) is 24.3 Å². The zero-order chi connectivity index (χ0) is 15.0. The lowest BCUT2D eigenvalue weighted by atomic mass is 10.2. The van der Waals surface area contributed by atoms with E-state index in [1.807, 2.05) is 0 Å². The monoisotopic (exact) mass is 282 g/mol. The van der Waals surface area contributed by atoms with Crippen LogP contribution in [0.2, 0.25) is 0 Å². The molecular formula is C13H20N3O4+. The van der Waals surface area contributed by atoms with Crippen LogP contribution in [0.1, 0.15) is 12.8 Å². The second-order valence-electron chi connectivity index (χ2n) is 4.46. The summed E-state index contributed by atoms with van der Waals surface area (Å²) in [6.07, 6.45) is 0.615. The molecule has 0 radical (unpaired) electrons. The van der Waals surface area contributed by atoms with Gasteiger partial charge in [0.1, 0.15) is 11.8 Å². The van der Waals surface area contributed by atoms with Gasteiger partial charge in [0.25, 0.3) is 0 Å².